The van der Waals surface area contributed by atoms with Crippen molar-refractivity contribution in [3.05, 3.63) is 41.6 Å². The van der Waals surface area contributed by atoms with E-state index in [0.717, 1.165) is 24.2 Å². The summed E-state index contributed by atoms with van der Waals surface area (Å²) in [6.45, 7) is 0. The van der Waals surface area contributed by atoms with Gasteiger partial charge >= 0.3 is 0 Å². The van der Waals surface area contributed by atoms with E-state index in [1.54, 1.807) is 0 Å². The molecule has 0 saturated carbocycles. The van der Waals surface area contributed by atoms with E-state index >= 15 is 0 Å². The number of sulfonamides is 1. The van der Waals surface area contributed by atoms with Crippen molar-refractivity contribution in [2.45, 2.75) is 23.1 Å². The van der Waals surface area contributed by atoms with Crippen LogP contribution in [0.4, 0.5) is 5.13 Å². The number of anilines is 1. The van der Waals surface area contributed by atoms with Crippen LogP contribution in [-0.4, -0.2) is 13.4 Å². The standard InChI is InChI=1S/C12H13N3O2S2/c13-19(16,17)11-7-14-12(18-11)15-10-6-5-8-3-1-2-4-9(8)10/h1-4,7,10H,5-6H2,(H,14,15)(H2,13,16,17)/t10-/m1/s1. The van der Waals surface area contributed by atoms with Crippen molar-refractivity contribution in [2.75, 3.05) is 5.32 Å². The van der Waals surface area contributed by atoms with Gasteiger partial charge < -0.3 is 5.32 Å². The molecule has 0 amide bonds. The average Bonchev–Trinajstić information content (AvgIpc) is 2.97. The molecule has 1 atom stereocenters. The maximum atomic E-state index is 11.2. The molecule has 1 heterocycles. The quantitative estimate of drug-likeness (QED) is 0.905. The SMILES string of the molecule is NS(=O)(=O)c1cnc(N[C@@H]2CCc3ccccc32)s1. The molecule has 100 valence electrons. The molecule has 3 rings (SSSR count). The van der Waals surface area contributed by atoms with Gasteiger partial charge in [-0.25, -0.2) is 18.5 Å². The van der Waals surface area contributed by atoms with Gasteiger partial charge in [-0.2, -0.15) is 0 Å². The molecule has 0 aliphatic heterocycles. The van der Waals surface area contributed by atoms with Gasteiger partial charge in [0.2, 0.25) is 10.0 Å². The van der Waals surface area contributed by atoms with Crippen LogP contribution in [-0.2, 0) is 16.4 Å². The highest BCUT2D eigenvalue weighted by Gasteiger charge is 2.23. The van der Waals surface area contributed by atoms with E-state index in [9.17, 15) is 8.42 Å². The van der Waals surface area contributed by atoms with Crippen LogP contribution in [0, 0.1) is 0 Å². The largest absolute Gasteiger partial charge is 0.355 e. The van der Waals surface area contributed by atoms with E-state index in [-0.39, 0.29) is 10.3 Å². The third kappa shape index (κ3) is 2.49. The summed E-state index contributed by atoms with van der Waals surface area (Å²) in [6.07, 6.45) is 3.31. The second kappa shape index (κ2) is 4.59. The molecule has 1 aromatic heterocycles. The molecule has 0 bridgehead atoms. The lowest BCUT2D eigenvalue weighted by Gasteiger charge is -2.12. The highest BCUT2D eigenvalue weighted by molar-refractivity contribution is 7.91. The van der Waals surface area contributed by atoms with Crippen LogP contribution in [0.3, 0.4) is 0 Å². The van der Waals surface area contributed by atoms with Crippen LogP contribution < -0.4 is 10.5 Å². The number of nitrogens with two attached hydrogens (primary N) is 1. The van der Waals surface area contributed by atoms with E-state index in [1.807, 2.05) is 12.1 Å². The molecule has 1 aliphatic rings. The summed E-state index contributed by atoms with van der Waals surface area (Å²) in [4.78, 5) is 4.07. The molecular weight excluding hydrogens is 282 g/mol. The Kier molecular flexibility index (Phi) is 3.04. The predicted octanol–water partition coefficient (Wildman–Crippen LogP) is 1.89. The summed E-state index contributed by atoms with van der Waals surface area (Å²) in [5, 5.41) is 8.94. The van der Waals surface area contributed by atoms with Crippen molar-refractivity contribution in [3.8, 4) is 0 Å². The topological polar surface area (TPSA) is 85.1 Å². The molecule has 0 fully saturated rings. The Bertz CT molecular complexity index is 709. The van der Waals surface area contributed by atoms with Gasteiger partial charge in [-0.1, -0.05) is 35.6 Å². The first-order chi connectivity index (χ1) is 9.04. The molecule has 0 spiro atoms. The molecule has 0 radical (unpaired) electrons. The van der Waals surface area contributed by atoms with Crippen LogP contribution in [0.2, 0.25) is 0 Å². The zero-order valence-corrected chi connectivity index (χ0v) is 11.7. The number of aromatic nitrogens is 1. The fourth-order valence-corrected chi connectivity index (χ4v) is 3.82. The Balaban J connectivity index is 1.82. The Morgan fingerprint density at radius 3 is 2.89 bits per heavy atom. The number of nitrogens with zero attached hydrogens (tertiary/aromatic N) is 1. The van der Waals surface area contributed by atoms with E-state index in [2.05, 4.69) is 22.4 Å². The van der Waals surface area contributed by atoms with Crippen molar-refractivity contribution >= 4 is 26.5 Å². The zero-order chi connectivity index (χ0) is 13.5. The summed E-state index contributed by atoms with van der Waals surface area (Å²) < 4.78 is 22.5. The van der Waals surface area contributed by atoms with Crippen LogP contribution in [0.1, 0.15) is 23.6 Å². The van der Waals surface area contributed by atoms with Crippen LogP contribution in [0.15, 0.2) is 34.7 Å². The zero-order valence-electron chi connectivity index (χ0n) is 10.0. The van der Waals surface area contributed by atoms with Gasteiger partial charge in [0.05, 0.1) is 12.2 Å². The second-order valence-electron chi connectivity index (χ2n) is 4.46. The fraction of sp³-hybridized carbons (Fsp3) is 0.250. The summed E-state index contributed by atoms with van der Waals surface area (Å²) >= 11 is 1.07. The van der Waals surface area contributed by atoms with Crippen molar-refractivity contribution < 1.29 is 8.42 Å². The minimum atomic E-state index is -3.66. The molecule has 7 heteroatoms. The molecule has 5 nitrogen and oxygen atoms in total. The molecular formula is C12H13N3O2S2. The van der Waals surface area contributed by atoms with Crippen LogP contribution in [0.25, 0.3) is 0 Å². The monoisotopic (exact) mass is 295 g/mol. The number of hydrogen-bond acceptors (Lipinski definition) is 5. The first-order valence-electron chi connectivity index (χ1n) is 5.87. The van der Waals surface area contributed by atoms with E-state index < -0.39 is 10.0 Å². The van der Waals surface area contributed by atoms with Crippen molar-refractivity contribution in [3.63, 3.8) is 0 Å². The number of hydrogen-bond donors (Lipinski definition) is 2. The average molecular weight is 295 g/mol. The molecule has 1 aromatic carbocycles. The van der Waals surface area contributed by atoms with Gasteiger partial charge in [-0.15, -0.1) is 0 Å². The third-order valence-corrected chi connectivity index (χ3v) is 5.53. The normalized spacial score (nSPS) is 18.3. The van der Waals surface area contributed by atoms with Gasteiger partial charge in [0, 0.05) is 0 Å². The Hall–Kier alpha value is -1.44. The third-order valence-electron chi connectivity index (χ3n) is 3.20. The molecule has 3 N–H and O–H groups in total. The number of rotatable bonds is 3. The first kappa shape index (κ1) is 12.6. The number of aryl methyl sites for hydroxylation is 1. The van der Waals surface area contributed by atoms with Crippen molar-refractivity contribution in [1.82, 2.24) is 4.98 Å². The lowest BCUT2D eigenvalue weighted by Crippen LogP contribution is -2.10. The lowest BCUT2D eigenvalue weighted by molar-refractivity contribution is 0.599. The van der Waals surface area contributed by atoms with Crippen LogP contribution >= 0.6 is 11.3 Å². The molecule has 0 saturated heterocycles. The molecule has 19 heavy (non-hydrogen) atoms. The number of nitrogens with one attached hydrogen (secondary N) is 1. The maximum Gasteiger partial charge on any atom is 0.249 e. The van der Waals surface area contributed by atoms with E-state index in [4.69, 9.17) is 5.14 Å². The Morgan fingerprint density at radius 1 is 1.37 bits per heavy atom. The van der Waals surface area contributed by atoms with E-state index in [1.165, 1.54) is 17.3 Å². The van der Waals surface area contributed by atoms with Crippen LogP contribution in [0.5, 0.6) is 0 Å². The van der Waals surface area contributed by atoms with Gasteiger partial charge in [0.25, 0.3) is 0 Å². The van der Waals surface area contributed by atoms with Gasteiger partial charge in [0.15, 0.2) is 9.34 Å². The molecule has 2 aromatic rings. The first-order valence-corrected chi connectivity index (χ1v) is 8.23. The number of primary sulfonamides is 1. The van der Waals surface area contributed by atoms with Gasteiger partial charge in [-0.05, 0) is 24.0 Å². The minimum Gasteiger partial charge on any atom is -0.355 e. The number of thiazole rings is 1. The van der Waals surface area contributed by atoms with Crippen molar-refractivity contribution in [1.29, 1.82) is 0 Å². The number of benzene rings is 1. The minimum absolute atomic E-state index is 0.0845. The maximum absolute atomic E-state index is 11.2. The highest BCUT2D eigenvalue weighted by Crippen LogP contribution is 2.34. The Morgan fingerprint density at radius 2 is 2.16 bits per heavy atom. The summed E-state index contributed by atoms with van der Waals surface area (Å²) in [5.74, 6) is 0. The van der Waals surface area contributed by atoms with Crippen molar-refractivity contribution in [2.24, 2.45) is 5.14 Å². The van der Waals surface area contributed by atoms with Gasteiger partial charge in [-0.3, -0.25) is 0 Å². The molecule has 1 aliphatic carbocycles. The highest BCUT2D eigenvalue weighted by atomic mass is 32.2. The van der Waals surface area contributed by atoms with E-state index in [0.29, 0.717) is 5.13 Å². The fourth-order valence-electron chi connectivity index (χ4n) is 2.31. The smallest absolute Gasteiger partial charge is 0.249 e. The van der Waals surface area contributed by atoms with Gasteiger partial charge in [0.1, 0.15) is 0 Å². The second-order valence-corrected chi connectivity index (χ2v) is 7.28. The lowest BCUT2D eigenvalue weighted by atomic mass is 10.1. The summed E-state index contributed by atoms with van der Waals surface area (Å²) in [5.41, 5.74) is 2.60. The summed E-state index contributed by atoms with van der Waals surface area (Å²) in [7, 11) is -3.66. The summed E-state index contributed by atoms with van der Waals surface area (Å²) in [6, 6.07) is 8.44. The predicted molar refractivity (Wildman–Crippen MR) is 74.6 cm³/mol. The Labute approximate surface area is 115 Å². The number of fused-ring (bicyclic) bond motifs is 1. The molecule has 0 unspecified atom stereocenters.